The molecular weight excluding hydrogens is 392 g/mol. The van der Waals surface area contributed by atoms with Gasteiger partial charge in [-0.05, 0) is 76.1 Å². The Morgan fingerprint density at radius 3 is 2.52 bits per heavy atom. The van der Waals surface area contributed by atoms with Crippen LogP contribution < -0.4 is 11.0 Å². The quantitative estimate of drug-likeness (QED) is 0.628. The number of likely N-dealkylation sites (tertiary alicyclic amines) is 1. The van der Waals surface area contributed by atoms with Crippen molar-refractivity contribution in [3.63, 3.8) is 0 Å². The van der Waals surface area contributed by atoms with E-state index < -0.39 is 5.69 Å². The van der Waals surface area contributed by atoms with Crippen LogP contribution in [0.2, 0.25) is 0 Å². The molecule has 2 heterocycles. The summed E-state index contributed by atoms with van der Waals surface area (Å²) in [7, 11) is 0. The Morgan fingerprint density at radius 2 is 1.87 bits per heavy atom. The number of aromatic nitrogens is 2. The van der Waals surface area contributed by atoms with Gasteiger partial charge in [0.05, 0.1) is 17.1 Å². The minimum Gasteiger partial charge on any atom is -0.393 e. The molecule has 3 N–H and O–H groups in total. The number of carbonyl (C=O) groups is 1. The number of carbonyl (C=O) groups excluding carboxylic acids is 1. The van der Waals surface area contributed by atoms with Gasteiger partial charge in [-0.1, -0.05) is 32.9 Å². The zero-order chi connectivity index (χ0) is 22.8. The summed E-state index contributed by atoms with van der Waals surface area (Å²) in [5, 5.41) is 13.4. The second-order valence-corrected chi connectivity index (χ2v) is 10.1. The van der Waals surface area contributed by atoms with E-state index in [1.165, 1.54) is 4.57 Å². The van der Waals surface area contributed by atoms with Gasteiger partial charge in [0, 0.05) is 12.1 Å². The summed E-state index contributed by atoms with van der Waals surface area (Å²) in [5.41, 5.74) is 0.878. The maximum Gasteiger partial charge on any atom is 0.334 e. The SMILES string of the molecule is CC(C)C(O)C(C)CC(C)(C)N1CCC(CNC(=O)n2c(=O)[nH]c3ccccc32)CC1. The number of H-pyrrole nitrogens is 1. The Hall–Kier alpha value is -2.12. The topological polar surface area (TPSA) is 90.4 Å². The predicted molar refractivity (Wildman–Crippen MR) is 124 cm³/mol. The number of nitrogens with one attached hydrogen (secondary N) is 2. The first-order valence-electron chi connectivity index (χ1n) is 11.5. The number of hydrogen-bond acceptors (Lipinski definition) is 4. The molecule has 2 atom stereocenters. The summed E-state index contributed by atoms with van der Waals surface area (Å²) in [6.07, 6.45) is 2.69. The summed E-state index contributed by atoms with van der Waals surface area (Å²) >= 11 is 0. The molecule has 2 aromatic rings. The average molecular weight is 431 g/mol. The van der Waals surface area contributed by atoms with Crippen LogP contribution in [0.1, 0.15) is 53.9 Å². The highest BCUT2D eigenvalue weighted by Crippen LogP contribution is 2.31. The highest BCUT2D eigenvalue weighted by molar-refractivity contribution is 5.88. The van der Waals surface area contributed by atoms with Gasteiger partial charge in [0.25, 0.3) is 0 Å². The van der Waals surface area contributed by atoms with Gasteiger partial charge in [0.2, 0.25) is 0 Å². The molecule has 0 bridgehead atoms. The van der Waals surface area contributed by atoms with Crippen LogP contribution in [0.15, 0.2) is 29.1 Å². The van der Waals surface area contributed by atoms with Gasteiger partial charge >= 0.3 is 11.7 Å². The molecule has 31 heavy (non-hydrogen) atoms. The molecular formula is C24H38N4O3. The molecule has 7 heteroatoms. The maximum absolute atomic E-state index is 12.6. The summed E-state index contributed by atoms with van der Waals surface area (Å²) in [4.78, 5) is 30.1. The number of fused-ring (bicyclic) bond motifs is 1. The Balaban J connectivity index is 1.51. The molecule has 1 aliphatic heterocycles. The first-order valence-corrected chi connectivity index (χ1v) is 11.5. The second-order valence-electron chi connectivity index (χ2n) is 10.1. The van der Waals surface area contributed by atoms with Crippen molar-refractivity contribution in [3.05, 3.63) is 34.7 Å². The number of amides is 1. The lowest BCUT2D eigenvalue weighted by Gasteiger charge is -2.45. The number of hydrogen-bond donors (Lipinski definition) is 3. The largest absolute Gasteiger partial charge is 0.393 e. The van der Waals surface area contributed by atoms with Crippen molar-refractivity contribution < 1.29 is 9.90 Å². The highest BCUT2D eigenvalue weighted by Gasteiger charge is 2.34. The standard InChI is InChI=1S/C24H38N4O3/c1-16(2)21(29)17(3)14-24(4,5)27-12-10-18(11-13-27)15-25-22(30)28-20-9-7-6-8-19(20)26-23(28)31/h6-9,16-18,21,29H,10-15H2,1-5H3,(H,25,30)(H,26,31). The van der Waals surface area contributed by atoms with Crippen LogP contribution in [0, 0.1) is 17.8 Å². The van der Waals surface area contributed by atoms with E-state index in [2.05, 4.69) is 49.8 Å². The van der Waals surface area contributed by atoms with Crippen LogP contribution in [-0.2, 0) is 0 Å². The van der Waals surface area contributed by atoms with Crippen molar-refractivity contribution in [2.24, 2.45) is 17.8 Å². The molecule has 3 rings (SSSR count). The molecule has 1 saturated heterocycles. The zero-order valence-corrected chi connectivity index (χ0v) is 19.5. The van der Waals surface area contributed by atoms with Crippen molar-refractivity contribution in [1.29, 1.82) is 0 Å². The van der Waals surface area contributed by atoms with Crippen molar-refractivity contribution in [3.8, 4) is 0 Å². The van der Waals surface area contributed by atoms with Gasteiger partial charge in [-0.2, -0.15) is 0 Å². The minimum atomic E-state index is -0.409. The third-order valence-corrected chi connectivity index (χ3v) is 6.89. The van der Waals surface area contributed by atoms with Crippen LogP contribution in [-0.4, -0.2) is 56.9 Å². The Bertz CT molecular complexity index is 938. The fourth-order valence-electron chi connectivity index (χ4n) is 5.00. The molecule has 2 unspecified atom stereocenters. The molecule has 0 spiro atoms. The highest BCUT2D eigenvalue weighted by atomic mass is 16.3. The predicted octanol–water partition coefficient (Wildman–Crippen LogP) is 3.42. The third kappa shape index (κ3) is 5.39. The number of aliphatic hydroxyl groups is 1. The molecule has 1 amide bonds. The number of nitrogens with zero attached hydrogens (tertiary/aromatic N) is 2. The number of imidazole rings is 1. The first kappa shape index (κ1) is 23.5. The van der Waals surface area contributed by atoms with Crippen LogP contribution >= 0.6 is 0 Å². The molecule has 0 aliphatic carbocycles. The smallest absolute Gasteiger partial charge is 0.334 e. The lowest BCUT2D eigenvalue weighted by Crippen LogP contribution is -2.51. The van der Waals surface area contributed by atoms with E-state index in [9.17, 15) is 14.7 Å². The van der Waals surface area contributed by atoms with E-state index in [0.717, 1.165) is 32.4 Å². The number of aromatic amines is 1. The van der Waals surface area contributed by atoms with Gasteiger partial charge < -0.3 is 15.4 Å². The van der Waals surface area contributed by atoms with Crippen molar-refractivity contribution in [2.45, 2.75) is 65.5 Å². The van der Waals surface area contributed by atoms with E-state index in [4.69, 9.17) is 0 Å². The molecule has 1 aliphatic rings. The van der Waals surface area contributed by atoms with Crippen molar-refractivity contribution >= 4 is 17.1 Å². The van der Waals surface area contributed by atoms with Gasteiger partial charge in [-0.25, -0.2) is 14.2 Å². The van der Waals surface area contributed by atoms with Crippen LogP contribution in [0.25, 0.3) is 11.0 Å². The first-order chi connectivity index (χ1) is 14.6. The zero-order valence-electron chi connectivity index (χ0n) is 19.5. The summed E-state index contributed by atoms with van der Waals surface area (Å²) in [6.45, 7) is 13.3. The Labute approximate surface area is 184 Å². The lowest BCUT2D eigenvalue weighted by molar-refractivity contribution is 0.0136. The molecule has 0 saturated carbocycles. The van der Waals surface area contributed by atoms with E-state index in [-0.39, 0.29) is 29.5 Å². The number of benzene rings is 1. The van der Waals surface area contributed by atoms with Crippen molar-refractivity contribution in [2.75, 3.05) is 19.6 Å². The van der Waals surface area contributed by atoms with E-state index in [0.29, 0.717) is 23.5 Å². The maximum atomic E-state index is 12.6. The van der Waals surface area contributed by atoms with E-state index in [1.54, 1.807) is 12.1 Å². The third-order valence-electron chi connectivity index (χ3n) is 6.89. The van der Waals surface area contributed by atoms with Crippen LogP contribution in [0.3, 0.4) is 0 Å². The minimum absolute atomic E-state index is 0.0286. The molecule has 1 aromatic carbocycles. The average Bonchev–Trinajstić information content (AvgIpc) is 3.07. The molecule has 172 valence electrons. The molecule has 7 nitrogen and oxygen atoms in total. The van der Waals surface area contributed by atoms with Crippen molar-refractivity contribution in [1.82, 2.24) is 19.8 Å². The van der Waals surface area contributed by atoms with Gasteiger partial charge in [0.1, 0.15) is 0 Å². The van der Waals surface area contributed by atoms with E-state index >= 15 is 0 Å². The van der Waals surface area contributed by atoms with Gasteiger partial charge in [-0.15, -0.1) is 0 Å². The Kier molecular flexibility index (Phi) is 7.27. The molecule has 1 aromatic heterocycles. The fraction of sp³-hybridized carbons (Fsp3) is 0.667. The lowest BCUT2D eigenvalue weighted by atomic mass is 9.82. The molecule has 0 radical (unpaired) electrons. The summed E-state index contributed by atoms with van der Waals surface area (Å²) in [6, 6.07) is 6.84. The Morgan fingerprint density at radius 1 is 1.23 bits per heavy atom. The number of aliphatic hydroxyl groups excluding tert-OH is 1. The number of piperidine rings is 1. The summed E-state index contributed by atoms with van der Waals surface area (Å²) in [5.74, 6) is 0.918. The van der Waals surface area contributed by atoms with Crippen LogP contribution in [0.5, 0.6) is 0 Å². The monoisotopic (exact) mass is 430 g/mol. The number of para-hydroxylation sites is 2. The van der Waals surface area contributed by atoms with Crippen LogP contribution in [0.4, 0.5) is 4.79 Å². The molecule has 1 fully saturated rings. The van der Waals surface area contributed by atoms with Gasteiger partial charge in [-0.3, -0.25) is 4.90 Å². The fourth-order valence-corrected chi connectivity index (χ4v) is 5.00. The van der Waals surface area contributed by atoms with E-state index in [1.807, 2.05) is 12.1 Å². The summed E-state index contributed by atoms with van der Waals surface area (Å²) < 4.78 is 1.18. The van der Waals surface area contributed by atoms with Gasteiger partial charge in [0.15, 0.2) is 0 Å². The second kappa shape index (κ2) is 9.57. The number of rotatable bonds is 7. The normalized spacial score (nSPS) is 18.4.